The first-order chi connectivity index (χ1) is 19.5. The van der Waals surface area contributed by atoms with Crippen LogP contribution in [-0.2, 0) is 0 Å². The van der Waals surface area contributed by atoms with Gasteiger partial charge in [-0.05, 0) is 51.9 Å². The van der Waals surface area contributed by atoms with Gasteiger partial charge < -0.3 is 19.5 Å². The maximum atomic E-state index is 13.2. The molecule has 2 N–H and O–H groups in total. The maximum absolute atomic E-state index is 13.2. The topological polar surface area (TPSA) is 98.2 Å². The van der Waals surface area contributed by atoms with Gasteiger partial charge in [0.05, 0.1) is 38.8 Å². The molecular formula is C32H27N3O5. The quantitative estimate of drug-likeness (QED) is 0.144. The molecule has 5 rings (SSSR count). The lowest BCUT2D eigenvalue weighted by atomic mass is 9.97. The lowest BCUT2D eigenvalue weighted by Crippen LogP contribution is -2.21. The van der Waals surface area contributed by atoms with E-state index in [1.54, 1.807) is 30.5 Å². The van der Waals surface area contributed by atoms with Crippen LogP contribution in [0.15, 0.2) is 96.1 Å². The fraction of sp³-hybridized carbons (Fsp3) is 0.0938. The fourth-order valence-electron chi connectivity index (χ4n) is 4.60. The molecule has 40 heavy (non-hydrogen) atoms. The standard InChI is InChI=1S/C32H27N3O5/c1-38-28-17-22(18-29(39-2)30(28)40-3)31(36)34-27-15-9-8-14-25(27)32(37)35-33-19-26-23-12-6-4-10-20(23)16-21-11-5-7-13-24(21)26/h4-19H,1-3H3,(H,34,36)(H,35,37)/b33-19-. The highest BCUT2D eigenvalue weighted by Gasteiger charge is 2.19. The number of anilines is 1. The number of benzene rings is 5. The minimum absolute atomic E-state index is 0.253. The van der Waals surface area contributed by atoms with Crippen LogP contribution in [0, 0.1) is 0 Å². The van der Waals surface area contributed by atoms with Gasteiger partial charge in [0.25, 0.3) is 11.8 Å². The van der Waals surface area contributed by atoms with Gasteiger partial charge in [0.2, 0.25) is 5.75 Å². The molecule has 0 aromatic heterocycles. The molecular weight excluding hydrogens is 506 g/mol. The van der Waals surface area contributed by atoms with Crippen molar-refractivity contribution in [3.05, 3.63) is 108 Å². The molecule has 0 aliphatic heterocycles. The van der Waals surface area contributed by atoms with Gasteiger partial charge in [-0.25, -0.2) is 5.43 Å². The van der Waals surface area contributed by atoms with Crippen molar-refractivity contribution in [3.8, 4) is 17.2 Å². The fourth-order valence-corrected chi connectivity index (χ4v) is 4.60. The van der Waals surface area contributed by atoms with Crippen LogP contribution >= 0.6 is 0 Å². The van der Waals surface area contributed by atoms with E-state index in [0.29, 0.717) is 22.9 Å². The molecule has 0 heterocycles. The average molecular weight is 534 g/mol. The van der Waals surface area contributed by atoms with E-state index in [4.69, 9.17) is 14.2 Å². The number of nitrogens with zero attached hydrogens (tertiary/aromatic N) is 1. The highest BCUT2D eigenvalue weighted by Crippen LogP contribution is 2.38. The summed E-state index contributed by atoms with van der Waals surface area (Å²) in [7, 11) is 4.43. The van der Waals surface area contributed by atoms with Crippen molar-refractivity contribution < 1.29 is 23.8 Å². The average Bonchev–Trinajstić information content (AvgIpc) is 3.00. The zero-order chi connectivity index (χ0) is 28.1. The second-order valence-corrected chi connectivity index (χ2v) is 8.85. The summed E-state index contributed by atoms with van der Waals surface area (Å²) in [4.78, 5) is 26.3. The van der Waals surface area contributed by atoms with Gasteiger partial charge in [-0.3, -0.25) is 9.59 Å². The van der Waals surface area contributed by atoms with Crippen LogP contribution < -0.4 is 25.0 Å². The first-order valence-electron chi connectivity index (χ1n) is 12.5. The summed E-state index contributed by atoms with van der Waals surface area (Å²) in [5.74, 6) is 0.131. The van der Waals surface area contributed by atoms with E-state index < -0.39 is 11.8 Å². The van der Waals surface area contributed by atoms with Crippen LogP contribution in [-0.4, -0.2) is 39.4 Å². The smallest absolute Gasteiger partial charge is 0.273 e. The van der Waals surface area contributed by atoms with E-state index in [9.17, 15) is 9.59 Å². The molecule has 0 atom stereocenters. The summed E-state index contributed by atoms with van der Waals surface area (Å²) >= 11 is 0. The van der Waals surface area contributed by atoms with Gasteiger partial charge in [-0.15, -0.1) is 0 Å². The molecule has 5 aromatic rings. The summed E-state index contributed by atoms with van der Waals surface area (Å²) in [6, 6.07) is 28.0. The Hall–Kier alpha value is -5.37. The van der Waals surface area contributed by atoms with Crippen LogP contribution in [0.5, 0.6) is 17.2 Å². The predicted molar refractivity (Wildman–Crippen MR) is 157 cm³/mol. The minimum Gasteiger partial charge on any atom is -0.493 e. The number of carbonyl (C=O) groups excluding carboxylic acids is 2. The molecule has 2 amide bonds. The number of carbonyl (C=O) groups is 2. The minimum atomic E-state index is -0.471. The number of hydrogen-bond acceptors (Lipinski definition) is 6. The maximum Gasteiger partial charge on any atom is 0.273 e. The third-order valence-corrected chi connectivity index (χ3v) is 6.52. The van der Waals surface area contributed by atoms with Crippen molar-refractivity contribution in [3.63, 3.8) is 0 Å². The van der Waals surface area contributed by atoms with E-state index in [1.165, 1.54) is 33.5 Å². The largest absolute Gasteiger partial charge is 0.493 e. The molecule has 0 saturated heterocycles. The number of fused-ring (bicyclic) bond motifs is 2. The van der Waals surface area contributed by atoms with Gasteiger partial charge >= 0.3 is 0 Å². The summed E-state index contributed by atoms with van der Waals surface area (Å²) in [6.07, 6.45) is 1.65. The Morgan fingerprint density at radius 1 is 0.700 bits per heavy atom. The molecule has 0 aliphatic rings. The number of amides is 2. The molecule has 0 fully saturated rings. The molecule has 5 aromatic carbocycles. The lowest BCUT2D eigenvalue weighted by Gasteiger charge is -2.15. The van der Waals surface area contributed by atoms with E-state index in [0.717, 1.165) is 27.1 Å². The first kappa shape index (κ1) is 26.2. The molecule has 200 valence electrons. The van der Waals surface area contributed by atoms with Crippen LogP contribution in [0.3, 0.4) is 0 Å². The van der Waals surface area contributed by atoms with Crippen molar-refractivity contribution in [2.45, 2.75) is 0 Å². The van der Waals surface area contributed by atoms with Crippen molar-refractivity contribution in [2.24, 2.45) is 5.10 Å². The summed E-state index contributed by atoms with van der Waals surface area (Å²) < 4.78 is 16.0. The van der Waals surface area contributed by atoms with Crippen LogP contribution in [0.4, 0.5) is 5.69 Å². The Labute approximate surface area is 231 Å². The Morgan fingerprint density at radius 3 is 1.88 bits per heavy atom. The predicted octanol–water partition coefficient (Wildman–Crippen LogP) is 6.04. The molecule has 8 nitrogen and oxygen atoms in total. The van der Waals surface area contributed by atoms with Crippen LogP contribution in [0.2, 0.25) is 0 Å². The molecule has 0 unspecified atom stereocenters. The highest BCUT2D eigenvalue weighted by molar-refractivity contribution is 6.14. The van der Waals surface area contributed by atoms with E-state index in [1.807, 2.05) is 48.5 Å². The van der Waals surface area contributed by atoms with E-state index in [2.05, 4.69) is 21.9 Å². The number of methoxy groups -OCH3 is 3. The van der Waals surface area contributed by atoms with Gasteiger partial charge in [0, 0.05) is 11.1 Å². The number of hydrazone groups is 1. The number of nitrogens with one attached hydrogen (secondary N) is 2. The van der Waals surface area contributed by atoms with Crippen molar-refractivity contribution >= 4 is 45.3 Å². The number of ether oxygens (including phenoxy) is 3. The van der Waals surface area contributed by atoms with Gasteiger partial charge in [-0.2, -0.15) is 5.10 Å². The van der Waals surface area contributed by atoms with Crippen molar-refractivity contribution in [1.29, 1.82) is 0 Å². The monoisotopic (exact) mass is 533 g/mol. The summed E-state index contributed by atoms with van der Waals surface area (Å²) in [6.45, 7) is 0. The van der Waals surface area contributed by atoms with Crippen LogP contribution in [0.1, 0.15) is 26.3 Å². The Kier molecular flexibility index (Phi) is 7.59. The Morgan fingerprint density at radius 2 is 1.27 bits per heavy atom. The highest BCUT2D eigenvalue weighted by atomic mass is 16.5. The molecule has 0 spiro atoms. The molecule has 0 bridgehead atoms. The summed E-state index contributed by atoms with van der Waals surface area (Å²) in [5, 5.41) is 11.3. The number of rotatable bonds is 8. The zero-order valence-corrected chi connectivity index (χ0v) is 22.2. The second-order valence-electron chi connectivity index (χ2n) is 8.85. The molecule has 0 radical (unpaired) electrons. The van der Waals surface area contributed by atoms with E-state index >= 15 is 0 Å². The first-order valence-corrected chi connectivity index (χ1v) is 12.5. The van der Waals surface area contributed by atoms with Crippen LogP contribution in [0.25, 0.3) is 21.5 Å². The summed E-state index contributed by atoms with van der Waals surface area (Å²) in [5.41, 5.74) is 4.35. The van der Waals surface area contributed by atoms with Gasteiger partial charge in [0.15, 0.2) is 11.5 Å². The SMILES string of the molecule is COc1cc(C(=O)Nc2ccccc2C(=O)N/N=C\c2c3ccccc3cc3ccccc23)cc(OC)c1OC. The van der Waals surface area contributed by atoms with Gasteiger partial charge in [-0.1, -0.05) is 60.7 Å². The van der Waals surface area contributed by atoms with Crippen molar-refractivity contribution in [2.75, 3.05) is 26.6 Å². The van der Waals surface area contributed by atoms with Crippen molar-refractivity contribution in [1.82, 2.24) is 5.43 Å². The normalized spacial score (nSPS) is 11.0. The molecule has 0 saturated carbocycles. The third kappa shape index (κ3) is 5.15. The Bertz CT molecular complexity index is 1680. The molecule has 0 aliphatic carbocycles. The zero-order valence-electron chi connectivity index (χ0n) is 22.2. The second kappa shape index (κ2) is 11.6. The van der Waals surface area contributed by atoms with Gasteiger partial charge in [0.1, 0.15) is 0 Å². The number of hydrogen-bond donors (Lipinski definition) is 2. The molecule has 8 heteroatoms. The third-order valence-electron chi connectivity index (χ3n) is 6.52. The van der Waals surface area contributed by atoms with E-state index in [-0.39, 0.29) is 11.1 Å². The Balaban J connectivity index is 1.40. The lowest BCUT2D eigenvalue weighted by molar-refractivity contribution is 0.0956. The number of para-hydroxylation sites is 1.